The van der Waals surface area contributed by atoms with Crippen LogP contribution >= 0.6 is 0 Å². The van der Waals surface area contributed by atoms with Crippen LogP contribution in [0.5, 0.6) is 5.75 Å². The lowest BCUT2D eigenvalue weighted by Crippen LogP contribution is -2.25. The number of nitrogens with zero attached hydrogens (tertiary/aromatic N) is 4. The molecule has 1 unspecified atom stereocenters. The van der Waals surface area contributed by atoms with E-state index in [1.54, 1.807) is 17.0 Å². The van der Waals surface area contributed by atoms with E-state index in [4.69, 9.17) is 14.2 Å². The van der Waals surface area contributed by atoms with Crippen molar-refractivity contribution in [3.63, 3.8) is 0 Å². The van der Waals surface area contributed by atoms with Crippen LogP contribution in [-0.2, 0) is 9.47 Å². The second-order valence-electron chi connectivity index (χ2n) is 6.98. The highest BCUT2D eigenvalue weighted by atomic mass is 16.7. The fourth-order valence-electron chi connectivity index (χ4n) is 3.38. The number of hydrogen-bond donors (Lipinski definition) is 1. The maximum Gasteiger partial charge on any atom is 0.163 e. The van der Waals surface area contributed by atoms with Gasteiger partial charge in [0.15, 0.2) is 5.79 Å². The molecule has 1 aliphatic heterocycles. The first-order valence-electron chi connectivity index (χ1n) is 8.80. The van der Waals surface area contributed by atoms with Gasteiger partial charge in [-0.15, -0.1) is 0 Å². The summed E-state index contributed by atoms with van der Waals surface area (Å²) in [6, 6.07) is 5.93. The quantitative estimate of drug-likeness (QED) is 0.598. The standard InChI is InChI=1S/C19H19N5O3/c1-19(2)26-11-13(27-19)10-25-12-7-17-16(9-23-24(17)22-8-12)14-3-5-20-18-15(14)4-6-21-18/h3-9,13H,10-11H2,1-2H3,(H,20,21). The average molecular weight is 365 g/mol. The van der Waals surface area contributed by atoms with Gasteiger partial charge in [0.05, 0.1) is 24.5 Å². The molecule has 1 saturated heterocycles. The van der Waals surface area contributed by atoms with E-state index in [-0.39, 0.29) is 6.10 Å². The van der Waals surface area contributed by atoms with Crippen molar-refractivity contribution in [3.05, 3.63) is 43.0 Å². The van der Waals surface area contributed by atoms with Gasteiger partial charge in [-0.3, -0.25) is 0 Å². The fourth-order valence-corrected chi connectivity index (χ4v) is 3.38. The van der Waals surface area contributed by atoms with Crippen LogP contribution in [0.2, 0.25) is 0 Å². The molecule has 5 heterocycles. The molecule has 5 rings (SSSR count). The number of rotatable bonds is 4. The lowest BCUT2D eigenvalue weighted by atomic mass is 10.1. The molecule has 8 heteroatoms. The van der Waals surface area contributed by atoms with Crippen LogP contribution in [0.4, 0.5) is 0 Å². The van der Waals surface area contributed by atoms with E-state index in [1.807, 2.05) is 44.4 Å². The van der Waals surface area contributed by atoms with Gasteiger partial charge in [-0.25, -0.2) is 4.98 Å². The third kappa shape index (κ3) is 2.92. The van der Waals surface area contributed by atoms with Crippen molar-refractivity contribution >= 4 is 16.6 Å². The van der Waals surface area contributed by atoms with Crippen LogP contribution in [0.25, 0.3) is 27.7 Å². The van der Waals surface area contributed by atoms with Crippen molar-refractivity contribution in [2.45, 2.75) is 25.7 Å². The number of fused-ring (bicyclic) bond motifs is 2. The molecule has 0 amide bonds. The SMILES string of the molecule is CC1(C)OCC(COc2cnn3ncc(-c4ccnc5[nH]ccc45)c3c2)O1. The molecule has 0 radical (unpaired) electrons. The van der Waals surface area contributed by atoms with Crippen LogP contribution in [0, 0.1) is 0 Å². The zero-order valence-corrected chi connectivity index (χ0v) is 15.0. The Morgan fingerprint density at radius 3 is 3.00 bits per heavy atom. The van der Waals surface area contributed by atoms with Crippen molar-refractivity contribution in [1.29, 1.82) is 0 Å². The molecule has 0 aromatic carbocycles. The molecule has 1 N–H and O–H groups in total. The first-order valence-corrected chi connectivity index (χ1v) is 8.80. The van der Waals surface area contributed by atoms with Crippen LogP contribution in [0.15, 0.2) is 43.0 Å². The lowest BCUT2D eigenvalue weighted by molar-refractivity contribution is -0.141. The highest BCUT2D eigenvalue weighted by Crippen LogP contribution is 2.31. The topological polar surface area (TPSA) is 86.6 Å². The monoisotopic (exact) mass is 365 g/mol. The first-order chi connectivity index (χ1) is 13.1. The van der Waals surface area contributed by atoms with E-state index >= 15 is 0 Å². The molecule has 27 heavy (non-hydrogen) atoms. The number of ether oxygens (including phenoxy) is 3. The minimum atomic E-state index is -0.557. The van der Waals surface area contributed by atoms with Gasteiger partial charge in [-0.1, -0.05) is 0 Å². The summed E-state index contributed by atoms with van der Waals surface area (Å²) in [6.45, 7) is 4.72. The van der Waals surface area contributed by atoms with E-state index < -0.39 is 5.79 Å². The number of aromatic nitrogens is 5. The summed E-state index contributed by atoms with van der Waals surface area (Å²) in [7, 11) is 0. The van der Waals surface area contributed by atoms with Gasteiger partial charge < -0.3 is 19.2 Å². The Balaban J connectivity index is 1.45. The van der Waals surface area contributed by atoms with Gasteiger partial charge in [-0.05, 0) is 31.5 Å². The molecule has 8 nitrogen and oxygen atoms in total. The minimum Gasteiger partial charge on any atom is -0.489 e. The van der Waals surface area contributed by atoms with E-state index in [9.17, 15) is 0 Å². The van der Waals surface area contributed by atoms with Crippen LogP contribution < -0.4 is 4.74 Å². The van der Waals surface area contributed by atoms with Crippen molar-refractivity contribution in [2.24, 2.45) is 0 Å². The van der Waals surface area contributed by atoms with Gasteiger partial charge >= 0.3 is 0 Å². The summed E-state index contributed by atoms with van der Waals surface area (Å²) < 4.78 is 18.8. The fraction of sp³-hybridized carbons (Fsp3) is 0.316. The molecule has 0 bridgehead atoms. The van der Waals surface area contributed by atoms with Crippen LogP contribution in [-0.4, -0.2) is 49.9 Å². The lowest BCUT2D eigenvalue weighted by Gasteiger charge is -2.17. The third-order valence-electron chi connectivity index (χ3n) is 4.61. The summed E-state index contributed by atoms with van der Waals surface area (Å²) in [5.74, 6) is 0.106. The summed E-state index contributed by atoms with van der Waals surface area (Å²) in [5, 5.41) is 9.75. The number of nitrogens with one attached hydrogen (secondary N) is 1. The predicted octanol–water partition coefficient (Wildman–Crippen LogP) is 2.80. The largest absolute Gasteiger partial charge is 0.489 e. The Morgan fingerprint density at radius 1 is 1.26 bits per heavy atom. The van der Waals surface area contributed by atoms with Gasteiger partial charge in [0, 0.05) is 29.4 Å². The van der Waals surface area contributed by atoms with Crippen molar-refractivity contribution in [3.8, 4) is 16.9 Å². The first kappa shape index (κ1) is 16.2. The van der Waals surface area contributed by atoms with E-state index in [0.29, 0.717) is 19.0 Å². The predicted molar refractivity (Wildman–Crippen MR) is 98.5 cm³/mol. The molecule has 4 aromatic heterocycles. The Kier molecular flexibility index (Phi) is 3.63. The van der Waals surface area contributed by atoms with E-state index in [0.717, 1.165) is 27.7 Å². The Labute approximate surface area is 155 Å². The summed E-state index contributed by atoms with van der Waals surface area (Å²) in [4.78, 5) is 7.48. The highest BCUT2D eigenvalue weighted by Gasteiger charge is 2.33. The highest BCUT2D eigenvalue weighted by molar-refractivity contribution is 5.97. The molecule has 1 atom stereocenters. The molecule has 0 spiro atoms. The summed E-state index contributed by atoms with van der Waals surface area (Å²) in [6.07, 6.45) is 7.03. The smallest absolute Gasteiger partial charge is 0.163 e. The third-order valence-corrected chi connectivity index (χ3v) is 4.61. The Hall–Kier alpha value is -2.97. The summed E-state index contributed by atoms with van der Waals surface area (Å²) >= 11 is 0. The van der Waals surface area contributed by atoms with Gasteiger partial charge in [0.2, 0.25) is 0 Å². The molecule has 0 aliphatic carbocycles. The van der Waals surface area contributed by atoms with E-state index in [2.05, 4.69) is 20.2 Å². The van der Waals surface area contributed by atoms with E-state index in [1.165, 1.54) is 0 Å². The van der Waals surface area contributed by atoms with Gasteiger partial charge in [0.25, 0.3) is 0 Å². The molecule has 4 aromatic rings. The summed E-state index contributed by atoms with van der Waals surface area (Å²) in [5.41, 5.74) is 3.73. The van der Waals surface area contributed by atoms with Crippen molar-refractivity contribution < 1.29 is 14.2 Å². The Bertz CT molecular complexity index is 1120. The zero-order valence-electron chi connectivity index (χ0n) is 15.0. The maximum absolute atomic E-state index is 5.90. The van der Waals surface area contributed by atoms with Gasteiger partial charge in [0.1, 0.15) is 24.1 Å². The average Bonchev–Trinajstić information content (AvgIpc) is 3.37. The molecular formula is C19H19N5O3. The number of aromatic amines is 1. The molecule has 0 saturated carbocycles. The number of H-pyrrole nitrogens is 1. The molecule has 1 fully saturated rings. The molecule has 1 aliphatic rings. The second-order valence-corrected chi connectivity index (χ2v) is 6.98. The van der Waals surface area contributed by atoms with Crippen LogP contribution in [0.1, 0.15) is 13.8 Å². The Morgan fingerprint density at radius 2 is 2.15 bits per heavy atom. The maximum atomic E-state index is 5.90. The molecule has 138 valence electrons. The molecular weight excluding hydrogens is 346 g/mol. The van der Waals surface area contributed by atoms with Gasteiger partial charge in [-0.2, -0.15) is 14.8 Å². The zero-order chi connectivity index (χ0) is 18.4. The second kappa shape index (κ2) is 6.04. The number of pyridine rings is 1. The minimum absolute atomic E-state index is 0.0970. The normalized spacial score (nSPS) is 19.1. The van der Waals surface area contributed by atoms with Crippen molar-refractivity contribution in [1.82, 2.24) is 24.8 Å². The number of hydrogen-bond acceptors (Lipinski definition) is 6. The van der Waals surface area contributed by atoms with Crippen molar-refractivity contribution in [2.75, 3.05) is 13.2 Å². The van der Waals surface area contributed by atoms with Crippen LogP contribution in [0.3, 0.4) is 0 Å².